The van der Waals surface area contributed by atoms with Crippen LogP contribution in [-0.2, 0) is 23.9 Å². The molecule has 0 radical (unpaired) electrons. The molecule has 0 aliphatic rings. The summed E-state index contributed by atoms with van der Waals surface area (Å²) in [4.78, 5) is 33.1. The topological polar surface area (TPSA) is 69.7 Å². The van der Waals surface area contributed by atoms with Crippen LogP contribution in [0.4, 0.5) is 0 Å². The van der Waals surface area contributed by atoms with Crippen molar-refractivity contribution in [3.8, 4) is 0 Å². The minimum Gasteiger partial charge on any atom is -0.457 e. The molecule has 5 heteroatoms. The highest BCUT2D eigenvalue weighted by Gasteiger charge is 2.27. The Morgan fingerprint density at radius 2 is 1.47 bits per heavy atom. The lowest BCUT2D eigenvalue weighted by molar-refractivity contribution is -0.168. The van der Waals surface area contributed by atoms with Crippen LogP contribution in [0.3, 0.4) is 0 Å². The van der Waals surface area contributed by atoms with Crippen molar-refractivity contribution in [2.24, 2.45) is 0 Å². The van der Waals surface area contributed by atoms with Gasteiger partial charge in [-0.25, -0.2) is 9.59 Å². The van der Waals surface area contributed by atoms with Crippen LogP contribution < -0.4 is 0 Å². The Hall–Kier alpha value is -1.39. The van der Waals surface area contributed by atoms with Gasteiger partial charge in [-0.15, -0.1) is 0 Å². The zero-order valence-corrected chi connectivity index (χ0v) is 9.40. The van der Waals surface area contributed by atoms with Gasteiger partial charge in [-0.1, -0.05) is 6.92 Å². The number of carbonyl (C=O) groups is 3. The van der Waals surface area contributed by atoms with Crippen LogP contribution in [0.25, 0.3) is 0 Å². The van der Waals surface area contributed by atoms with Crippen LogP contribution in [0, 0.1) is 0 Å². The maximum atomic E-state index is 11.1. The average molecular weight is 216 g/mol. The summed E-state index contributed by atoms with van der Waals surface area (Å²) in [6.07, 6.45) is -0.232. The van der Waals surface area contributed by atoms with Crippen LogP contribution in [0.15, 0.2) is 0 Å². The van der Waals surface area contributed by atoms with Gasteiger partial charge < -0.3 is 9.47 Å². The smallest absolute Gasteiger partial charge is 0.387 e. The molecule has 0 heterocycles. The van der Waals surface area contributed by atoms with Gasteiger partial charge >= 0.3 is 17.7 Å². The standard InChI is InChI=1S/C10H16O5/c1-5-7(4)15-10(13)8(11)9(12)14-6(2)3/h6-7H,5H2,1-4H3. The molecule has 0 aliphatic carbocycles. The molecular formula is C10H16O5. The zero-order chi connectivity index (χ0) is 12.0. The molecule has 1 atom stereocenters. The number of rotatable bonds is 5. The maximum Gasteiger partial charge on any atom is 0.387 e. The van der Waals surface area contributed by atoms with Gasteiger partial charge in [0.05, 0.1) is 12.2 Å². The first-order chi connectivity index (χ1) is 6.88. The highest BCUT2D eigenvalue weighted by Crippen LogP contribution is 1.99. The van der Waals surface area contributed by atoms with E-state index in [-0.39, 0.29) is 6.10 Å². The number of ketones is 1. The Kier molecular flexibility index (Phi) is 5.59. The van der Waals surface area contributed by atoms with Gasteiger partial charge in [0, 0.05) is 0 Å². The van der Waals surface area contributed by atoms with E-state index < -0.39 is 23.8 Å². The molecule has 0 amide bonds. The molecule has 15 heavy (non-hydrogen) atoms. The highest BCUT2D eigenvalue weighted by atomic mass is 16.6. The fraction of sp³-hybridized carbons (Fsp3) is 0.700. The first-order valence-electron chi connectivity index (χ1n) is 4.84. The Bertz CT molecular complexity index is 257. The molecule has 1 unspecified atom stereocenters. The molecule has 0 bridgehead atoms. The minimum atomic E-state index is -1.26. The first-order valence-corrected chi connectivity index (χ1v) is 4.84. The summed E-state index contributed by atoms with van der Waals surface area (Å²) in [5.74, 6) is -3.59. The fourth-order valence-corrected chi connectivity index (χ4v) is 0.671. The van der Waals surface area contributed by atoms with Gasteiger partial charge in [0.2, 0.25) is 0 Å². The third kappa shape index (κ3) is 5.15. The van der Waals surface area contributed by atoms with E-state index in [1.54, 1.807) is 27.7 Å². The number of Topliss-reactive ketones (excluding diaryl/α,β-unsaturated/α-hetero) is 1. The average Bonchev–Trinajstić information content (AvgIpc) is 2.15. The second-order valence-electron chi connectivity index (χ2n) is 3.41. The molecule has 0 saturated carbocycles. The van der Waals surface area contributed by atoms with Crippen molar-refractivity contribution in [2.45, 2.75) is 46.3 Å². The summed E-state index contributed by atoms with van der Waals surface area (Å²) in [5, 5.41) is 0. The van der Waals surface area contributed by atoms with Crippen LogP contribution in [0.2, 0.25) is 0 Å². The predicted octanol–water partition coefficient (Wildman–Crippen LogP) is 0.849. The largest absolute Gasteiger partial charge is 0.457 e. The lowest BCUT2D eigenvalue weighted by atomic mass is 10.3. The van der Waals surface area contributed by atoms with Crippen molar-refractivity contribution in [3.63, 3.8) is 0 Å². The van der Waals surface area contributed by atoms with Crippen LogP contribution in [0.5, 0.6) is 0 Å². The Morgan fingerprint density at radius 3 is 1.87 bits per heavy atom. The second kappa shape index (κ2) is 6.16. The second-order valence-corrected chi connectivity index (χ2v) is 3.41. The van der Waals surface area contributed by atoms with Gasteiger partial charge in [-0.2, -0.15) is 0 Å². The van der Waals surface area contributed by atoms with Gasteiger partial charge in [-0.05, 0) is 27.2 Å². The fourth-order valence-electron chi connectivity index (χ4n) is 0.671. The van der Waals surface area contributed by atoms with E-state index in [1.165, 1.54) is 0 Å². The third-order valence-corrected chi connectivity index (χ3v) is 1.60. The quantitative estimate of drug-likeness (QED) is 0.387. The molecule has 0 saturated heterocycles. The Labute approximate surface area is 88.7 Å². The van der Waals surface area contributed by atoms with Crippen molar-refractivity contribution < 1.29 is 23.9 Å². The summed E-state index contributed by atoms with van der Waals surface area (Å²) < 4.78 is 9.23. The van der Waals surface area contributed by atoms with Crippen LogP contribution in [0.1, 0.15) is 34.1 Å². The molecule has 0 aromatic carbocycles. The summed E-state index contributed by atoms with van der Waals surface area (Å²) in [6.45, 7) is 6.62. The molecule has 0 fully saturated rings. The number of hydrogen-bond donors (Lipinski definition) is 0. The van der Waals surface area contributed by atoms with E-state index in [9.17, 15) is 14.4 Å². The lowest BCUT2D eigenvalue weighted by Crippen LogP contribution is -2.31. The predicted molar refractivity (Wildman–Crippen MR) is 52.1 cm³/mol. The number of carbonyl (C=O) groups excluding carboxylic acids is 3. The zero-order valence-electron chi connectivity index (χ0n) is 9.40. The van der Waals surface area contributed by atoms with Crippen molar-refractivity contribution in [2.75, 3.05) is 0 Å². The molecular weight excluding hydrogens is 200 g/mol. The van der Waals surface area contributed by atoms with E-state index in [0.717, 1.165) is 0 Å². The SMILES string of the molecule is CCC(C)OC(=O)C(=O)C(=O)OC(C)C. The van der Waals surface area contributed by atoms with Gasteiger partial charge in [-0.3, -0.25) is 4.79 Å². The van der Waals surface area contributed by atoms with Crippen molar-refractivity contribution >= 4 is 17.7 Å². The molecule has 0 rings (SSSR count). The van der Waals surface area contributed by atoms with Crippen molar-refractivity contribution in [3.05, 3.63) is 0 Å². The maximum absolute atomic E-state index is 11.1. The molecule has 0 aliphatic heterocycles. The van der Waals surface area contributed by atoms with E-state index in [4.69, 9.17) is 0 Å². The van der Waals surface area contributed by atoms with Gasteiger partial charge in [0.15, 0.2) is 0 Å². The summed E-state index contributed by atoms with van der Waals surface area (Å²) in [5.41, 5.74) is 0. The van der Waals surface area contributed by atoms with Gasteiger partial charge in [0.25, 0.3) is 0 Å². The molecule has 0 aromatic rings. The number of esters is 2. The lowest BCUT2D eigenvalue weighted by Gasteiger charge is -2.10. The van der Waals surface area contributed by atoms with Crippen molar-refractivity contribution in [1.29, 1.82) is 0 Å². The third-order valence-electron chi connectivity index (χ3n) is 1.60. The first kappa shape index (κ1) is 13.6. The normalized spacial score (nSPS) is 12.1. The number of hydrogen-bond acceptors (Lipinski definition) is 5. The molecule has 0 spiro atoms. The van der Waals surface area contributed by atoms with E-state index >= 15 is 0 Å². The van der Waals surface area contributed by atoms with Crippen LogP contribution >= 0.6 is 0 Å². The Balaban J connectivity index is 4.20. The summed E-state index contributed by atoms with van der Waals surface area (Å²) >= 11 is 0. The molecule has 5 nitrogen and oxygen atoms in total. The summed E-state index contributed by atoms with van der Waals surface area (Å²) in [7, 11) is 0. The summed E-state index contributed by atoms with van der Waals surface area (Å²) in [6, 6.07) is 0. The highest BCUT2D eigenvalue weighted by molar-refractivity contribution is 6.60. The van der Waals surface area contributed by atoms with Gasteiger partial charge in [0.1, 0.15) is 0 Å². The van der Waals surface area contributed by atoms with E-state index in [0.29, 0.717) is 6.42 Å². The van der Waals surface area contributed by atoms with E-state index in [2.05, 4.69) is 9.47 Å². The van der Waals surface area contributed by atoms with Crippen molar-refractivity contribution in [1.82, 2.24) is 0 Å². The molecule has 86 valence electrons. The number of ether oxygens (including phenoxy) is 2. The minimum absolute atomic E-state index is 0.381. The molecule has 0 N–H and O–H groups in total. The Morgan fingerprint density at radius 1 is 1.00 bits per heavy atom. The molecule has 0 aromatic heterocycles. The monoisotopic (exact) mass is 216 g/mol. The van der Waals surface area contributed by atoms with E-state index in [1.807, 2.05) is 0 Å². The van der Waals surface area contributed by atoms with Crippen LogP contribution in [-0.4, -0.2) is 29.9 Å².